The van der Waals surface area contributed by atoms with Gasteiger partial charge in [-0.15, -0.1) is 0 Å². The van der Waals surface area contributed by atoms with Gasteiger partial charge in [-0.05, 0) is 26.8 Å². The number of aromatic nitrogens is 3. The summed E-state index contributed by atoms with van der Waals surface area (Å²) in [7, 11) is 1.48. The van der Waals surface area contributed by atoms with E-state index in [1.54, 1.807) is 11.4 Å². The fourth-order valence-corrected chi connectivity index (χ4v) is 2.42. The van der Waals surface area contributed by atoms with Crippen molar-refractivity contribution in [2.75, 3.05) is 13.7 Å². The summed E-state index contributed by atoms with van der Waals surface area (Å²) < 4.78 is 6.46. The first kappa shape index (κ1) is 16.9. The largest absolute Gasteiger partial charge is 0.480 e. The molecule has 0 saturated heterocycles. The lowest BCUT2D eigenvalue weighted by Gasteiger charge is -2.13. The average Bonchev–Trinajstić information content (AvgIpc) is 2.79. The van der Waals surface area contributed by atoms with Crippen LogP contribution in [0.3, 0.4) is 0 Å². The van der Waals surface area contributed by atoms with Gasteiger partial charge < -0.3 is 15.2 Å². The number of aryl methyl sites for hydroxylation is 3. The number of nitrogens with zero attached hydrogens (tertiary/aromatic N) is 3. The topological polar surface area (TPSA) is 106 Å². The Morgan fingerprint density at radius 3 is 2.70 bits per heavy atom. The third kappa shape index (κ3) is 3.48. The molecule has 0 spiro atoms. The van der Waals surface area contributed by atoms with Crippen LogP contribution in [-0.4, -0.2) is 51.3 Å². The zero-order valence-electron chi connectivity index (χ0n) is 13.6. The SMILES string of the molecule is COCCC(NC(=O)c1c(C)nn2c(C)cc(C)nc12)C(=O)O. The van der Waals surface area contributed by atoms with E-state index in [4.69, 9.17) is 4.74 Å². The Morgan fingerprint density at radius 1 is 1.39 bits per heavy atom. The van der Waals surface area contributed by atoms with E-state index in [0.29, 0.717) is 16.9 Å². The molecule has 23 heavy (non-hydrogen) atoms. The van der Waals surface area contributed by atoms with Crippen molar-refractivity contribution in [3.8, 4) is 0 Å². The molecular formula is C15H20N4O4. The molecule has 1 atom stereocenters. The summed E-state index contributed by atoms with van der Waals surface area (Å²) in [5, 5.41) is 16.0. The molecule has 1 unspecified atom stereocenters. The highest BCUT2D eigenvalue weighted by Gasteiger charge is 2.25. The van der Waals surface area contributed by atoms with Crippen molar-refractivity contribution in [3.05, 3.63) is 28.7 Å². The summed E-state index contributed by atoms with van der Waals surface area (Å²) in [6, 6.07) is 0.836. The number of hydrogen-bond acceptors (Lipinski definition) is 5. The second-order valence-electron chi connectivity index (χ2n) is 5.38. The summed E-state index contributed by atoms with van der Waals surface area (Å²) in [5.41, 5.74) is 2.83. The highest BCUT2D eigenvalue weighted by Crippen LogP contribution is 2.16. The van der Waals surface area contributed by atoms with Crippen molar-refractivity contribution in [1.29, 1.82) is 0 Å². The van der Waals surface area contributed by atoms with Gasteiger partial charge in [0.2, 0.25) is 0 Å². The molecule has 1 amide bonds. The second kappa shape index (κ2) is 6.74. The molecule has 0 bridgehead atoms. The van der Waals surface area contributed by atoms with Gasteiger partial charge in [-0.25, -0.2) is 14.3 Å². The predicted octanol–water partition coefficient (Wildman–Crippen LogP) is 0.874. The van der Waals surface area contributed by atoms with Crippen molar-refractivity contribution >= 4 is 17.5 Å². The molecule has 2 rings (SSSR count). The number of carboxylic acids is 1. The van der Waals surface area contributed by atoms with Crippen molar-refractivity contribution in [2.24, 2.45) is 0 Å². The summed E-state index contributed by atoms with van der Waals surface area (Å²) in [6.07, 6.45) is 0.182. The third-order valence-electron chi connectivity index (χ3n) is 3.51. The Hall–Kier alpha value is -2.48. The van der Waals surface area contributed by atoms with E-state index >= 15 is 0 Å². The number of methoxy groups -OCH3 is 1. The van der Waals surface area contributed by atoms with E-state index in [1.165, 1.54) is 7.11 Å². The van der Waals surface area contributed by atoms with Gasteiger partial charge in [0.05, 0.1) is 5.69 Å². The van der Waals surface area contributed by atoms with Gasteiger partial charge in [0.1, 0.15) is 11.6 Å². The Balaban J connectivity index is 2.37. The van der Waals surface area contributed by atoms with Crippen LogP contribution in [0.1, 0.15) is 33.9 Å². The maximum absolute atomic E-state index is 12.5. The highest BCUT2D eigenvalue weighted by molar-refractivity contribution is 6.02. The Kier molecular flexibility index (Phi) is 4.95. The molecule has 2 N–H and O–H groups in total. The minimum absolute atomic E-state index is 0.182. The predicted molar refractivity (Wildman–Crippen MR) is 82.6 cm³/mol. The number of carbonyl (C=O) groups excluding carboxylic acids is 1. The van der Waals surface area contributed by atoms with Gasteiger partial charge in [-0.2, -0.15) is 5.10 Å². The number of nitrogens with one attached hydrogen (secondary N) is 1. The van der Waals surface area contributed by atoms with Gasteiger partial charge in [-0.1, -0.05) is 0 Å². The van der Waals surface area contributed by atoms with Gasteiger partial charge in [-0.3, -0.25) is 4.79 Å². The van der Waals surface area contributed by atoms with Crippen LogP contribution in [-0.2, 0) is 9.53 Å². The molecule has 0 aliphatic heterocycles. The van der Waals surface area contributed by atoms with E-state index in [0.717, 1.165) is 11.4 Å². The second-order valence-corrected chi connectivity index (χ2v) is 5.38. The van der Waals surface area contributed by atoms with Crippen molar-refractivity contribution < 1.29 is 19.4 Å². The van der Waals surface area contributed by atoms with Crippen LogP contribution in [0.4, 0.5) is 0 Å². The van der Waals surface area contributed by atoms with Crippen LogP contribution < -0.4 is 5.32 Å². The molecule has 2 heterocycles. The molecule has 2 aromatic rings. The number of carboxylic acid groups (broad SMARTS) is 1. The normalized spacial score (nSPS) is 12.3. The Labute approximate surface area is 133 Å². The van der Waals surface area contributed by atoms with Crippen LogP contribution in [0.2, 0.25) is 0 Å². The standard InChI is InChI=1S/C15H20N4O4/c1-8-7-9(2)19-13(16-8)12(10(3)18-19)14(20)17-11(15(21)22)5-6-23-4/h7,11H,5-6H2,1-4H3,(H,17,20)(H,21,22). The molecule has 0 radical (unpaired) electrons. The average molecular weight is 320 g/mol. The number of hydrogen-bond donors (Lipinski definition) is 2. The molecular weight excluding hydrogens is 300 g/mol. The molecule has 0 aliphatic carbocycles. The number of carbonyl (C=O) groups is 2. The van der Waals surface area contributed by atoms with E-state index in [-0.39, 0.29) is 13.0 Å². The highest BCUT2D eigenvalue weighted by atomic mass is 16.5. The van der Waals surface area contributed by atoms with E-state index in [1.807, 2.05) is 19.9 Å². The van der Waals surface area contributed by atoms with Gasteiger partial charge in [0, 0.05) is 31.5 Å². The smallest absolute Gasteiger partial charge is 0.326 e. The maximum Gasteiger partial charge on any atom is 0.326 e. The maximum atomic E-state index is 12.5. The van der Waals surface area contributed by atoms with E-state index < -0.39 is 17.9 Å². The fraction of sp³-hybridized carbons (Fsp3) is 0.467. The Bertz CT molecular complexity index is 754. The van der Waals surface area contributed by atoms with Crippen LogP contribution >= 0.6 is 0 Å². The molecule has 0 aromatic carbocycles. The molecule has 2 aromatic heterocycles. The number of ether oxygens (including phenoxy) is 1. The fourth-order valence-electron chi connectivity index (χ4n) is 2.42. The zero-order chi connectivity index (χ0) is 17.1. The van der Waals surface area contributed by atoms with Crippen LogP contribution in [0, 0.1) is 20.8 Å². The number of rotatable bonds is 6. The number of amides is 1. The van der Waals surface area contributed by atoms with Gasteiger partial charge in [0.25, 0.3) is 5.91 Å². The first-order chi connectivity index (χ1) is 10.8. The number of fused-ring (bicyclic) bond motifs is 1. The van der Waals surface area contributed by atoms with Crippen molar-refractivity contribution in [2.45, 2.75) is 33.2 Å². The van der Waals surface area contributed by atoms with Crippen LogP contribution in [0.15, 0.2) is 6.07 Å². The minimum atomic E-state index is -1.11. The lowest BCUT2D eigenvalue weighted by molar-refractivity contribution is -0.139. The number of aliphatic carboxylic acids is 1. The van der Waals surface area contributed by atoms with E-state index in [9.17, 15) is 14.7 Å². The summed E-state index contributed by atoms with van der Waals surface area (Å²) in [4.78, 5) is 28.2. The first-order valence-electron chi connectivity index (χ1n) is 7.21. The van der Waals surface area contributed by atoms with Gasteiger partial charge >= 0.3 is 5.97 Å². The summed E-state index contributed by atoms with van der Waals surface area (Å²) in [5.74, 6) is -1.61. The summed E-state index contributed by atoms with van der Waals surface area (Å²) >= 11 is 0. The van der Waals surface area contributed by atoms with Crippen LogP contribution in [0.25, 0.3) is 5.65 Å². The molecule has 0 aliphatic rings. The quantitative estimate of drug-likeness (QED) is 0.818. The molecule has 0 saturated carbocycles. The minimum Gasteiger partial charge on any atom is -0.480 e. The van der Waals surface area contributed by atoms with Gasteiger partial charge in [0.15, 0.2) is 5.65 Å². The van der Waals surface area contributed by atoms with Crippen molar-refractivity contribution in [1.82, 2.24) is 19.9 Å². The molecule has 8 nitrogen and oxygen atoms in total. The monoisotopic (exact) mass is 320 g/mol. The lowest BCUT2D eigenvalue weighted by atomic mass is 10.1. The van der Waals surface area contributed by atoms with Crippen molar-refractivity contribution in [3.63, 3.8) is 0 Å². The Morgan fingerprint density at radius 2 is 2.09 bits per heavy atom. The molecule has 8 heteroatoms. The molecule has 124 valence electrons. The zero-order valence-corrected chi connectivity index (χ0v) is 13.6. The summed E-state index contributed by atoms with van der Waals surface area (Å²) in [6.45, 7) is 5.63. The third-order valence-corrected chi connectivity index (χ3v) is 3.51. The molecule has 0 fully saturated rings. The van der Waals surface area contributed by atoms with Crippen LogP contribution in [0.5, 0.6) is 0 Å². The first-order valence-corrected chi connectivity index (χ1v) is 7.21. The van der Waals surface area contributed by atoms with E-state index in [2.05, 4.69) is 15.4 Å². The lowest BCUT2D eigenvalue weighted by Crippen LogP contribution is -2.41.